The first-order chi connectivity index (χ1) is 22.1. The summed E-state index contributed by atoms with van der Waals surface area (Å²) >= 11 is 0. The first-order valence-electron chi connectivity index (χ1n) is 17.0. The number of nitrogens with one attached hydrogen (secondary N) is 1. The molecule has 2 saturated carbocycles. The first kappa shape index (κ1) is 31.8. The van der Waals surface area contributed by atoms with Gasteiger partial charge in [0.2, 0.25) is 0 Å². The standard InChI is InChI=1S/C35H46F2N4O4S/c36-27-5-1-4-26(20-27)35(24-39-16-3-17-39,31-6-2-7-32(31)38-33(42)43)25-14-18-40(19-15-25)21-34(37)22-41(23-34)28-8-10-29(11-9-28)46(44,45)30-12-13-30/h1,4-5,8-11,20,25,30-32,38H,2-3,6-7,12-19,21-24H2,(H,42,43)/t31-,32-,35-/m0/s1. The summed E-state index contributed by atoms with van der Waals surface area (Å²) in [5.74, 6) is 0.00360. The van der Waals surface area contributed by atoms with Gasteiger partial charge in [0.05, 0.1) is 23.2 Å². The van der Waals surface area contributed by atoms with Gasteiger partial charge >= 0.3 is 6.09 Å². The molecule has 3 aliphatic heterocycles. The Balaban J connectivity index is 1.04. The Kier molecular flexibility index (Phi) is 8.55. The molecule has 1 amide bonds. The fraction of sp³-hybridized carbons (Fsp3) is 0.629. The van der Waals surface area contributed by atoms with Gasteiger partial charge in [0.25, 0.3) is 0 Å². The first-order valence-corrected chi connectivity index (χ1v) is 18.6. The van der Waals surface area contributed by atoms with Crippen molar-refractivity contribution in [3.63, 3.8) is 0 Å². The zero-order valence-electron chi connectivity index (χ0n) is 26.4. The van der Waals surface area contributed by atoms with Crippen LogP contribution >= 0.6 is 0 Å². The second-order valence-corrected chi connectivity index (χ2v) is 16.8. The van der Waals surface area contributed by atoms with E-state index in [1.165, 1.54) is 6.07 Å². The monoisotopic (exact) mass is 656 g/mol. The smallest absolute Gasteiger partial charge is 0.404 e. The lowest BCUT2D eigenvalue weighted by Gasteiger charge is -2.54. The molecule has 0 radical (unpaired) electrons. The number of carbonyl (C=O) groups is 1. The number of rotatable bonds is 11. The third-order valence-electron chi connectivity index (χ3n) is 11.5. The van der Waals surface area contributed by atoms with Crippen LogP contribution in [0.3, 0.4) is 0 Å². The fourth-order valence-corrected chi connectivity index (χ4v) is 10.7. The molecule has 2 aliphatic carbocycles. The summed E-state index contributed by atoms with van der Waals surface area (Å²) < 4.78 is 55.9. The summed E-state index contributed by atoms with van der Waals surface area (Å²) in [6.07, 6.45) is 5.89. The second-order valence-electron chi connectivity index (χ2n) is 14.6. The van der Waals surface area contributed by atoms with Crippen LogP contribution in [0.1, 0.15) is 56.9 Å². The highest BCUT2D eigenvalue weighted by Gasteiger charge is 2.54. The number of anilines is 1. The zero-order valence-corrected chi connectivity index (χ0v) is 27.2. The van der Waals surface area contributed by atoms with Crippen molar-refractivity contribution in [2.75, 3.05) is 57.3 Å². The van der Waals surface area contributed by atoms with E-state index in [1.54, 1.807) is 36.4 Å². The molecule has 0 bridgehead atoms. The molecule has 5 aliphatic rings. The van der Waals surface area contributed by atoms with Gasteiger partial charge in [-0.2, -0.15) is 0 Å². The van der Waals surface area contributed by atoms with Gasteiger partial charge in [-0.1, -0.05) is 18.6 Å². The molecule has 0 spiro atoms. The van der Waals surface area contributed by atoms with Crippen molar-refractivity contribution < 1.29 is 27.1 Å². The van der Waals surface area contributed by atoms with Crippen LogP contribution in [0.4, 0.5) is 19.3 Å². The van der Waals surface area contributed by atoms with Gasteiger partial charge in [-0.05, 0) is 125 Å². The van der Waals surface area contributed by atoms with Gasteiger partial charge in [-0.25, -0.2) is 22.0 Å². The SMILES string of the molecule is O=C(O)N[C@H]1CCC[C@@H]1[C@](CN1CCC1)(c1cccc(F)c1)C1CCN(CC2(F)CN(c3ccc(S(=O)(=O)C4CC4)cc3)C2)CC1. The molecule has 2 aromatic carbocycles. The number of sulfone groups is 1. The molecular weight excluding hydrogens is 610 g/mol. The van der Waals surface area contributed by atoms with Crippen molar-refractivity contribution in [3.8, 4) is 0 Å². The maximum absolute atomic E-state index is 16.0. The molecule has 250 valence electrons. The number of likely N-dealkylation sites (tertiary alicyclic amines) is 2. The number of carboxylic acid groups (broad SMARTS) is 1. The molecule has 8 nitrogen and oxygen atoms in total. The molecule has 46 heavy (non-hydrogen) atoms. The van der Waals surface area contributed by atoms with E-state index >= 15 is 4.39 Å². The molecule has 3 heterocycles. The second kappa shape index (κ2) is 12.4. The molecular formula is C35H46F2N4O4S. The molecule has 2 N–H and O–H groups in total. The Morgan fingerprint density at radius 3 is 2.26 bits per heavy atom. The van der Waals surface area contributed by atoms with Crippen molar-refractivity contribution in [1.82, 2.24) is 15.1 Å². The van der Waals surface area contributed by atoms with Crippen LogP contribution in [0.15, 0.2) is 53.4 Å². The summed E-state index contributed by atoms with van der Waals surface area (Å²) in [7, 11) is -3.24. The summed E-state index contributed by atoms with van der Waals surface area (Å²) in [5, 5.41) is 12.3. The van der Waals surface area contributed by atoms with Gasteiger partial charge in [-0.15, -0.1) is 0 Å². The van der Waals surface area contributed by atoms with Gasteiger partial charge < -0.3 is 20.2 Å². The van der Waals surface area contributed by atoms with Gasteiger partial charge in [0, 0.05) is 30.2 Å². The summed E-state index contributed by atoms with van der Waals surface area (Å²) in [6, 6.07) is 13.7. The van der Waals surface area contributed by atoms with E-state index in [4.69, 9.17) is 0 Å². The number of piperidine rings is 1. The number of hydrogen-bond donors (Lipinski definition) is 2. The number of nitrogens with zero attached hydrogens (tertiary/aromatic N) is 3. The molecule has 2 aromatic rings. The Morgan fingerprint density at radius 1 is 0.935 bits per heavy atom. The van der Waals surface area contributed by atoms with E-state index in [2.05, 4.69) is 15.1 Å². The van der Waals surface area contributed by atoms with Crippen molar-refractivity contribution in [2.24, 2.45) is 11.8 Å². The number of alkyl halides is 1. The quantitative estimate of drug-likeness (QED) is 0.349. The average Bonchev–Trinajstić information content (AvgIpc) is 3.77. The Morgan fingerprint density at radius 2 is 1.65 bits per heavy atom. The van der Waals surface area contributed by atoms with E-state index in [-0.39, 0.29) is 42.0 Å². The van der Waals surface area contributed by atoms with Gasteiger partial charge in [0.1, 0.15) is 5.82 Å². The number of benzene rings is 2. The summed E-state index contributed by atoms with van der Waals surface area (Å²) in [6.45, 7) is 5.15. The zero-order chi connectivity index (χ0) is 32.1. The number of hydrogen-bond acceptors (Lipinski definition) is 6. The molecule has 11 heteroatoms. The van der Waals surface area contributed by atoms with E-state index in [1.807, 2.05) is 11.0 Å². The van der Waals surface area contributed by atoms with Crippen molar-refractivity contribution in [1.29, 1.82) is 0 Å². The fourth-order valence-electron chi connectivity index (χ4n) is 9.03. The highest BCUT2D eigenvalue weighted by molar-refractivity contribution is 7.92. The van der Waals surface area contributed by atoms with Crippen LogP contribution in [-0.4, -0.2) is 98.7 Å². The lowest BCUT2D eigenvalue weighted by molar-refractivity contribution is 0.00601. The maximum Gasteiger partial charge on any atom is 0.404 e. The molecule has 7 rings (SSSR count). The normalized spacial score (nSPS) is 27.0. The topological polar surface area (TPSA) is 93.2 Å². The minimum atomic E-state index is -3.24. The molecule has 0 unspecified atom stereocenters. The minimum Gasteiger partial charge on any atom is -0.465 e. The van der Waals surface area contributed by atoms with Crippen LogP contribution in [-0.2, 0) is 15.3 Å². The van der Waals surface area contributed by atoms with Crippen molar-refractivity contribution >= 4 is 21.6 Å². The van der Waals surface area contributed by atoms with Crippen molar-refractivity contribution in [3.05, 3.63) is 59.9 Å². The van der Waals surface area contributed by atoms with E-state index in [9.17, 15) is 22.7 Å². The minimum absolute atomic E-state index is 0.0564. The molecule has 3 atom stereocenters. The van der Waals surface area contributed by atoms with E-state index in [0.717, 1.165) is 95.3 Å². The van der Waals surface area contributed by atoms with Crippen LogP contribution in [0.2, 0.25) is 0 Å². The predicted octanol–water partition coefficient (Wildman–Crippen LogP) is 5.08. The van der Waals surface area contributed by atoms with E-state index in [0.29, 0.717) is 11.4 Å². The Labute approximate surface area is 271 Å². The average molecular weight is 657 g/mol. The van der Waals surface area contributed by atoms with Crippen molar-refractivity contribution in [2.45, 2.75) is 78.6 Å². The largest absolute Gasteiger partial charge is 0.465 e. The van der Waals surface area contributed by atoms with Gasteiger partial charge in [0.15, 0.2) is 15.5 Å². The molecule has 5 fully saturated rings. The van der Waals surface area contributed by atoms with Crippen LogP contribution in [0.5, 0.6) is 0 Å². The third-order valence-corrected chi connectivity index (χ3v) is 13.8. The van der Waals surface area contributed by atoms with Crippen LogP contribution in [0.25, 0.3) is 0 Å². The highest BCUT2D eigenvalue weighted by Crippen LogP contribution is 2.51. The molecule has 3 saturated heterocycles. The highest BCUT2D eigenvalue weighted by atomic mass is 32.2. The van der Waals surface area contributed by atoms with Crippen LogP contribution in [0, 0.1) is 17.7 Å². The summed E-state index contributed by atoms with van der Waals surface area (Å²) in [5.41, 5.74) is 0.0614. The summed E-state index contributed by atoms with van der Waals surface area (Å²) in [4.78, 5) is 18.8. The maximum atomic E-state index is 16.0. The number of halogens is 2. The Bertz CT molecular complexity index is 1520. The van der Waals surface area contributed by atoms with E-state index < -0.39 is 27.0 Å². The third kappa shape index (κ3) is 6.15. The molecule has 0 aromatic heterocycles. The Hall–Kier alpha value is -2.76. The lowest BCUT2D eigenvalue weighted by Crippen LogP contribution is -2.65. The lowest BCUT2D eigenvalue weighted by atomic mass is 9.57. The predicted molar refractivity (Wildman–Crippen MR) is 173 cm³/mol. The van der Waals surface area contributed by atoms with Crippen LogP contribution < -0.4 is 10.2 Å². The number of amides is 1. The van der Waals surface area contributed by atoms with Gasteiger partial charge in [-0.3, -0.25) is 4.90 Å².